The molecule has 18 heavy (non-hydrogen) atoms. The number of aromatic nitrogens is 3. The zero-order chi connectivity index (χ0) is 12.8. The molecular weight excluding hydrogens is 230 g/mol. The van der Waals surface area contributed by atoms with Crippen LogP contribution < -0.4 is 5.32 Å². The monoisotopic (exact) mass is 247 g/mol. The molecule has 0 bridgehead atoms. The number of nitrogens with zero attached hydrogens (tertiary/aromatic N) is 4. The first-order valence-corrected chi connectivity index (χ1v) is 6.34. The highest BCUT2D eigenvalue weighted by molar-refractivity contribution is 5.75. The molecule has 2 rings (SSSR count). The van der Waals surface area contributed by atoms with Gasteiger partial charge in [0.05, 0.1) is 0 Å². The molecule has 1 aliphatic carbocycles. The molecule has 96 valence electrons. The summed E-state index contributed by atoms with van der Waals surface area (Å²) in [6, 6.07) is 1.83. The third-order valence-electron chi connectivity index (χ3n) is 3.25. The van der Waals surface area contributed by atoms with Gasteiger partial charge >= 0.3 is 0 Å². The maximum absolute atomic E-state index is 11.7. The van der Waals surface area contributed by atoms with Crippen LogP contribution in [0.15, 0.2) is 6.33 Å². The van der Waals surface area contributed by atoms with Gasteiger partial charge < -0.3 is 5.32 Å². The van der Waals surface area contributed by atoms with Crippen LogP contribution in [0.5, 0.6) is 0 Å². The summed E-state index contributed by atoms with van der Waals surface area (Å²) in [5.41, 5.74) is 0. The smallest absolute Gasteiger partial charge is 0.252 e. The molecule has 1 aromatic rings. The van der Waals surface area contributed by atoms with Crippen molar-refractivity contribution < 1.29 is 4.79 Å². The van der Waals surface area contributed by atoms with Gasteiger partial charge in [0.15, 0.2) is 0 Å². The van der Waals surface area contributed by atoms with E-state index in [-0.39, 0.29) is 18.3 Å². The summed E-state index contributed by atoms with van der Waals surface area (Å²) in [4.78, 5) is 15.4. The average Bonchev–Trinajstić information content (AvgIpc) is 2.85. The van der Waals surface area contributed by atoms with Crippen LogP contribution in [0.4, 0.5) is 0 Å². The van der Waals surface area contributed by atoms with Crippen molar-refractivity contribution >= 4 is 5.91 Å². The molecule has 1 saturated carbocycles. The Balaban J connectivity index is 1.73. The summed E-state index contributed by atoms with van der Waals surface area (Å²) in [5.74, 6) is 0.637. The molecule has 0 saturated heterocycles. The van der Waals surface area contributed by atoms with Crippen molar-refractivity contribution in [2.45, 2.75) is 38.6 Å². The van der Waals surface area contributed by atoms with Crippen molar-refractivity contribution in [3.63, 3.8) is 0 Å². The molecule has 1 N–H and O–H groups in total. The van der Waals surface area contributed by atoms with Gasteiger partial charge in [0, 0.05) is 6.54 Å². The van der Waals surface area contributed by atoms with Crippen LogP contribution in [-0.4, -0.2) is 27.2 Å². The molecule has 1 fully saturated rings. The van der Waals surface area contributed by atoms with Crippen molar-refractivity contribution in [1.82, 2.24) is 20.1 Å². The van der Waals surface area contributed by atoms with E-state index in [4.69, 9.17) is 5.26 Å². The molecule has 1 amide bonds. The molecule has 0 spiro atoms. The highest BCUT2D eigenvalue weighted by Gasteiger charge is 2.14. The molecule has 0 radical (unpaired) electrons. The number of nitrogens with one attached hydrogen (secondary N) is 1. The number of rotatable bonds is 4. The number of amides is 1. The lowest BCUT2D eigenvalue weighted by molar-refractivity contribution is -0.122. The van der Waals surface area contributed by atoms with Gasteiger partial charge in [0.1, 0.15) is 18.9 Å². The van der Waals surface area contributed by atoms with Gasteiger partial charge in [-0.25, -0.2) is 9.67 Å². The Labute approximate surface area is 106 Å². The van der Waals surface area contributed by atoms with Crippen LogP contribution in [0.25, 0.3) is 0 Å². The number of carbonyl (C=O) groups excluding carboxylic acids is 1. The summed E-state index contributed by atoms with van der Waals surface area (Å²) in [6.45, 7) is 0.875. The third-order valence-corrected chi connectivity index (χ3v) is 3.25. The van der Waals surface area contributed by atoms with E-state index in [1.807, 2.05) is 6.07 Å². The maximum atomic E-state index is 11.7. The van der Waals surface area contributed by atoms with Crippen LogP contribution >= 0.6 is 0 Å². The molecule has 0 unspecified atom stereocenters. The highest BCUT2D eigenvalue weighted by Crippen LogP contribution is 2.22. The molecule has 0 aromatic carbocycles. The van der Waals surface area contributed by atoms with Crippen LogP contribution in [0.3, 0.4) is 0 Å². The van der Waals surface area contributed by atoms with E-state index < -0.39 is 0 Å². The SMILES string of the molecule is N#Cc1ncn(CC(=O)NCC2CCCCC2)n1. The summed E-state index contributed by atoms with van der Waals surface area (Å²) in [5, 5.41) is 15.3. The quantitative estimate of drug-likeness (QED) is 0.854. The first-order valence-electron chi connectivity index (χ1n) is 6.34. The minimum atomic E-state index is -0.0741. The van der Waals surface area contributed by atoms with E-state index in [1.54, 1.807) is 0 Å². The fourth-order valence-electron chi connectivity index (χ4n) is 2.27. The molecular formula is C12H17N5O. The van der Waals surface area contributed by atoms with E-state index >= 15 is 0 Å². The van der Waals surface area contributed by atoms with Crippen molar-refractivity contribution in [2.24, 2.45) is 5.92 Å². The Kier molecular flexibility index (Phi) is 4.29. The molecule has 6 nitrogen and oxygen atoms in total. The van der Waals surface area contributed by atoms with Gasteiger partial charge in [-0.2, -0.15) is 5.26 Å². The molecule has 1 aliphatic rings. The van der Waals surface area contributed by atoms with Crippen molar-refractivity contribution in [3.05, 3.63) is 12.2 Å². The second-order valence-corrected chi connectivity index (χ2v) is 4.69. The molecule has 0 atom stereocenters. The summed E-state index contributed by atoms with van der Waals surface area (Å²) >= 11 is 0. The van der Waals surface area contributed by atoms with Gasteiger partial charge in [-0.1, -0.05) is 19.3 Å². The number of hydrogen-bond donors (Lipinski definition) is 1. The topological polar surface area (TPSA) is 83.6 Å². The fourth-order valence-corrected chi connectivity index (χ4v) is 2.27. The van der Waals surface area contributed by atoms with Gasteiger partial charge in [-0.15, -0.1) is 5.10 Å². The standard InChI is InChI=1S/C12H17N5O/c13-6-11-15-9-17(16-11)8-12(18)14-7-10-4-2-1-3-5-10/h9-10H,1-5,7-8H2,(H,14,18). The Morgan fingerprint density at radius 3 is 2.94 bits per heavy atom. The lowest BCUT2D eigenvalue weighted by Gasteiger charge is -2.21. The molecule has 1 aromatic heterocycles. The first kappa shape index (κ1) is 12.6. The highest BCUT2D eigenvalue weighted by atomic mass is 16.2. The predicted molar refractivity (Wildman–Crippen MR) is 64.3 cm³/mol. The van der Waals surface area contributed by atoms with E-state index in [1.165, 1.54) is 43.1 Å². The van der Waals surface area contributed by atoms with Crippen LogP contribution in [0.2, 0.25) is 0 Å². The summed E-state index contributed by atoms with van der Waals surface area (Å²) in [6.07, 6.45) is 7.69. The molecule has 1 heterocycles. The van der Waals surface area contributed by atoms with Crippen molar-refractivity contribution in [3.8, 4) is 6.07 Å². The number of hydrogen-bond acceptors (Lipinski definition) is 4. The minimum absolute atomic E-state index is 0.0741. The van der Waals surface area contributed by atoms with Crippen molar-refractivity contribution in [1.29, 1.82) is 5.26 Å². The van der Waals surface area contributed by atoms with E-state index in [0.29, 0.717) is 5.92 Å². The second kappa shape index (κ2) is 6.15. The van der Waals surface area contributed by atoms with Gasteiger partial charge in [0.25, 0.3) is 5.82 Å². The largest absolute Gasteiger partial charge is 0.354 e. The average molecular weight is 247 g/mol. The van der Waals surface area contributed by atoms with Gasteiger partial charge in [0.2, 0.25) is 5.91 Å². The minimum Gasteiger partial charge on any atom is -0.354 e. The van der Waals surface area contributed by atoms with Crippen LogP contribution in [-0.2, 0) is 11.3 Å². The number of nitriles is 1. The normalized spacial score (nSPS) is 16.2. The molecule has 6 heteroatoms. The Bertz CT molecular complexity index is 442. The summed E-state index contributed by atoms with van der Waals surface area (Å²) in [7, 11) is 0. The van der Waals surface area contributed by atoms with Crippen LogP contribution in [0, 0.1) is 17.2 Å². The van der Waals surface area contributed by atoms with Crippen molar-refractivity contribution in [2.75, 3.05) is 6.54 Å². The third kappa shape index (κ3) is 3.55. The lowest BCUT2D eigenvalue weighted by atomic mass is 9.89. The van der Waals surface area contributed by atoms with E-state index in [0.717, 1.165) is 6.54 Å². The fraction of sp³-hybridized carbons (Fsp3) is 0.667. The lowest BCUT2D eigenvalue weighted by Crippen LogP contribution is -2.32. The Morgan fingerprint density at radius 2 is 2.28 bits per heavy atom. The number of carbonyl (C=O) groups is 1. The Hall–Kier alpha value is -1.90. The molecule has 0 aliphatic heterocycles. The van der Waals surface area contributed by atoms with Crippen LogP contribution in [0.1, 0.15) is 37.9 Å². The van der Waals surface area contributed by atoms with E-state index in [2.05, 4.69) is 15.4 Å². The maximum Gasteiger partial charge on any atom is 0.252 e. The Morgan fingerprint density at radius 1 is 1.50 bits per heavy atom. The first-order chi connectivity index (χ1) is 8.78. The zero-order valence-electron chi connectivity index (χ0n) is 10.3. The second-order valence-electron chi connectivity index (χ2n) is 4.69. The van der Waals surface area contributed by atoms with E-state index in [9.17, 15) is 4.79 Å². The predicted octanol–water partition coefficient (Wildman–Crippen LogP) is 0.846. The zero-order valence-corrected chi connectivity index (χ0v) is 10.3. The van der Waals surface area contributed by atoms with Gasteiger partial charge in [-0.05, 0) is 18.8 Å². The van der Waals surface area contributed by atoms with Gasteiger partial charge in [-0.3, -0.25) is 4.79 Å². The summed E-state index contributed by atoms with van der Waals surface area (Å²) < 4.78 is 1.38.